The van der Waals surface area contributed by atoms with Gasteiger partial charge >= 0.3 is 12.3 Å². The molecule has 0 aliphatic carbocycles. The van der Waals surface area contributed by atoms with Gasteiger partial charge in [0.1, 0.15) is 10.6 Å². The Morgan fingerprint density at radius 2 is 1.90 bits per heavy atom. The first kappa shape index (κ1) is 17.2. The number of nitrogens with one attached hydrogen (secondary N) is 1. The number of rotatable bonds is 6. The number of carboxylic acids is 1. The Morgan fingerprint density at radius 1 is 1.33 bits per heavy atom. The molecule has 1 rings (SSSR count). The van der Waals surface area contributed by atoms with Crippen molar-refractivity contribution >= 4 is 16.0 Å². The van der Waals surface area contributed by atoms with Crippen LogP contribution in [-0.4, -0.2) is 43.6 Å². The third kappa shape index (κ3) is 5.21. The van der Waals surface area contributed by atoms with Gasteiger partial charge in [-0.1, -0.05) is 12.1 Å². The lowest BCUT2D eigenvalue weighted by Crippen LogP contribution is -2.36. The summed E-state index contributed by atoms with van der Waals surface area (Å²) in [7, 11) is -4.49. The van der Waals surface area contributed by atoms with Crippen LogP contribution >= 0.6 is 0 Å². The average molecular weight is 329 g/mol. The van der Waals surface area contributed by atoms with E-state index in [9.17, 15) is 26.4 Å². The van der Waals surface area contributed by atoms with Crippen LogP contribution in [-0.2, 0) is 14.8 Å². The molecule has 118 valence electrons. The normalized spacial score (nSPS) is 13.7. The molecule has 0 saturated carbocycles. The van der Waals surface area contributed by atoms with Gasteiger partial charge in [-0.25, -0.2) is 17.9 Å². The zero-order valence-corrected chi connectivity index (χ0v) is 11.0. The lowest BCUT2D eigenvalue weighted by atomic mass is 10.3. The Balaban J connectivity index is 3.01. The van der Waals surface area contributed by atoms with Crippen molar-refractivity contribution < 1.29 is 41.3 Å². The van der Waals surface area contributed by atoms with Crippen molar-refractivity contribution in [2.24, 2.45) is 0 Å². The van der Waals surface area contributed by atoms with E-state index < -0.39 is 45.6 Å². The Labute approximate surface area is 117 Å². The highest BCUT2D eigenvalue weighted by atomic mass is 32.2. The van der Waals surface area contributed by atoms with Gasteiger partial charge in [-0.15, -0.1) is 13.2 Å². The second kappa shape index (κ2) is 6.28. The first-order chi connectivity index (χ1) is 9.53. The van der Waals surface area contributed by atoms with Crippen LogP contribution in [0.25, 0.3) is 0 Å². The van der Waals surface area contributed by atoms with Gasteiger partial charge in [0.2, 0.25) is 10.0 Å². The molecule has 3 N–H and O–H groups in total. The fourth-order valence-electron chi connectivity index (χ4n) is 1.23. The number of carbonyl (C=O) groups is 1. The van der Waals surface area contributed by atoms with Crippen LogP contribution < -0.4 is 9.46 Å². The van der Waals surface area contributed by atoms with Crippen molar-refractivity contribution in [2.75, 3.05) is 6.54 Å². The van der Waals surface area contributed by atoms with Crippen LogP contribution in [0.5, 0.6) is 5.75 Å². The molecule has 0 aliphatic rings. The largest absolute Gasteiger partial charge is 0.573 e. The third-order valence-corrected chi connectivity index (χ3v) is 3.58. The van der Waals surface area contributed by atoms with E-state index in [1.54, 1.807) is 4.72 Å². The van der Waals surface area contributed by atoms with Gasteiger partial charge in [0.25, 0.3) is 0 Å². The highest BCUT2D eigenvalue weighted by Crippen LogP contribution is 2.29. The third-order valence-electron chi connectivity index (χ3n) is 2.12. The first-order valence-electron chi connectivity index (χ1n) is 5.28. The molecule has 0 bridgehead atoms. The number of ether oxygens (including phenoxy) is 1. The van der Waals surface area contributed by atoms with E-state index in [1.165, 1.54) is 0 Å². The molecular weight excluding hydrogens is 319 g/mol. The molecule has 0 saturated heterocycles. The zero-order chi connectivity index (χ0) is 16.3. The number of aliphatic hydroxyl groups is 1. The molecule has 0 aliphatic heterocycles. The smallest absolute Gasteiger partial charge is 0.479 e. The summed E-state index contributed by atoms with van der Waals surface area (Å²) >= 11 is 0. The van der Waals surface area contributed by atoms with Gasteiger partial charge in [-0.05, 0) is 12.1 Å². The topological polar surface area (TPSA) is 113 Å². The maximum atomic E-state index is 12.2. The van der Waals surface area contributed by atoms with Crippen molar-refractivity contribution in [1.29, 1.82) is 0 Å². The lowest BCUT2D eigenvalue weighted by Gasteiger charge is -2.14. The van der Waals surface area contributed by atoms with Crippen molar-refractivity contribution in [3.05, 3.63) is 24.3 Å². The fourth-order valence-corrected chi connectivity index (χ4v) is 2.40. The second-order valence-corrected chi connectivity index (χ2v) is 5.44. The Kier molecular flexibility index (Phi) is 5.15. The van der Waals surface area contributed by atoms with Crippen LogP contribution in [0.3, 0.4) is 0 Å². The maximum Gasteiger partial charge on any atom is 0.573 e. The summed E-state index contributed by atoms with van der Waals surface area (Å²) in [6.07, 6.45) is -7.12. The van der Waals surface area contributed by atoms with Gasteiger partial charge in [-0.2, -0.15) is 0 Å². The minimum Gasteiger partial charge on any atom is -0.479 e. The minimum absolute atomic E-state index is 0.787. The minimum atomic E-state index is -5.09. The van der Waals surface area contributed by atoms with Crippen molar-refractivity contribution in [3.63, 3.8) is 0 Å². The summed E-state index contributed by atoms with van der Waals surface area (Å²) in [5.41, 5.74) is 0. The monoisotopic (exact) mass is 329 g/mol. The Hall–Kier alpha value is -1.85. The van der Waals surface area contributed by atoms with Crippen LogP contribution in [0.4, 0.5) is 13.2 Å². The van der Waals surface area contributed by atoms with Gasteiger partial charge in [-0.3, -0.25) is 0 Å². The number of aliphatic hydroxyl groups excluding tert-OH is 1. The second-order valence-electron chi connectivity index (χ2n) is 3.70. The molecular formula is C10H10F3NO6S. The number of sulfonamides is 1. The highest BCUT2D eigenvalue weighted by Gasteiger charge is 2.34. The number of hydrogen-bond acceptors (Lipinski definition) is 5. The molecule has 1 unspecified atom stereocenters. The van der Waals surface area contributed by atoms with E-state index in [0.717, 1.165) is 24.3 Å². The fraction of sp³-hybridized carbons (Fsp3) is 0.300. The summed E-state index contributed by atoms with van der Waals surface area (Å²) in [5.74, 6) is -2.65. The van der Waals surface area contributed by atoms with E-state index in [4.69, 9.17) is 10.2 Å². The van der Waals surface area contributed by atoms with Gasteiger partial charge in [0, 0.05) is 6.54 Å². The van der Waals surface area contributed by atoms with E-state index in [2.05, 4.69) is 4.74 Å². The summed E-state index contributed by atoms with van der Waals surface area (Å²) in [6, 6.07) is 3.92. The number of alkyl halides is 3. The molecule has 0 heterocycles. The van der Waals surface area contributed by atoms with Crippen LogP contribution in [0.15, 0.2) is 29.2 Å². The Morgan fingerprint density at radius 3 is 2.43 bits per heavy atom. The molecule has 0 amide bonds. The lowest BCUT2D eigenvalue weighted by molar-refractivity contribution is -0.275. The van der Waals surface area contributed by atoms with Gasteiger partial charge in [0.15, 0.2) is 6.10 Å². The number of benzene rings is 1. The molecule has 1 aromatic rings. The molecule has 0 fully saturated rings. The molecule has 1 atom stereocenters. The number of aliphatic carboxylic acids is 1. The summed E-state index contributed by atoms with van der Waals surface area (Å²) in [5, 5.41) is 17.4. The maximum absolute atomic E-state index is 12.2. The predicted octanol–water partition coefficient (Wildman–Crippen LogP) is 0.309. The molecule has 1 aromatic carbocycles. The van der Waals surface area contributed by atoms with E-state index in [0.29, 0.717) is 0 Å². The quantitative estimate of drug-likeness (QED) is 0.692. The molecule has 11 heteroatoms. The summed E-state index contributed by atoms with van der Waals surface area (Å²) in [6.45, 7) is -0.905. The van der Waals surface area contributed by atoms with E-state index in [1.807, 2.05) is 0 Å². The van der Waals surface area contributed by atoms with E-state index >= 15 is 0 Å². The number of halogens is 3. The SMILES string of the molecule is O=C(O)C(O)CNS(=O)(=O)c1ccccc1OC(F)(F)F. The van der Waals surface area contributed by atoms with Crippen molar-refractivity contribution in [3.8, 4) is 5.75 Å². The molecule has 7 nitrogen and oxygen atoms in total. The predicted molar refractivity (Wildman–Crippen MR) is 62.0 cm³/mol. The zero-order valence-electron chi connectivity index (χ0n) is 10.2. The Bertz CT molecular complexity index is 615. The van der Waals surface area contributed by atoms with Gasteiger partial charge < -0.3 is 14.9 Å². The van der Waals surface area contributed by atoms with Crippen LogP contribution in [0, 0.1) is 0 Å². The number of hydrogen-bond donors (Lipinski definition) is 3. The van der Waals surface area contributed by atoms with Crippen LogP contribution in [0.1, 0.15) is 0 Å². The summed E-state index contributed by atoms with van der Waals surface area (Å²) < 4.78 is 65.4. The highest BCUT2D eigenvalue weighted by molar-refractivity contribution is 7.89. The van der Waals surface area contributed by atoms with Crippen LogP contribution in [0.2, 0.25) is 0 Å². The number of para-hydroxylation sites is 1. The van der Waals surface area contributed by atoms with Gasteiger partial charge in [0.05, 0.1) is 0 Å². The first-order valence-corrected chi connectivity index (χ1v) is 6.76. The average Bonchev–Trinajstić information content (AvgIpc) is 2.34. The summed E-state index contributed by atoms with van der Waals surface area (Å²) in [4.78, 5) is 9.52. The number of carboxylic acid groups (broad SMARTS) is 1. The molecule has 0 spiro atoms. The molecule has 21 heavy (non-hydrogen) atoms. The molecule has 0 aromatic heterocycles. The van der Waals surface area contributed by atoms with Crippen molar-refractivity contribution in [2.45, 2.75) is 17.4 Å². The molecule has 0 radical (unpaired) electrons. The van der Waals surface area contributed by atoms with E-state index in [-0.39, 0.29) is 0 Å². The standard InChI is InChI=1S/C10H10F3NO6S/c11-10(12,13)20-7-3-1-2-4-8(7)21(18,19)14-5-6(15)9(16)17/h1-4,6,14-15H,5H2,(H,16,17). The van der Waals surface area contributed by atoms with Crippen molar-refractivity contribution in [1.82, 2.24) is 4.72 Å².